The second-order valence-electron chi connectivity index (χ2n) is 9.52. The van der Waals surface area contributed by atoms with Crippen LogP contribution in [0.5, 0.6) is 11.5 Å². The molecule has 0 radical (unpaired) electrons. The van der Waals surface area contributed by atoms with Gasteiger partial charge in [-0.25, -0.2) is 8.42 Å². The van der Waals surface area contributed by atoms with E-state index in [0.29, 0.717) is 46.0 Å². The van der Waals surface area contributed by atoms with Crippen molar-refractivity contribution in [1.82, 2.24) is 10.2 Å². The lowest BCUT2D eigenvalue weighted by Crippen LogP contribution is -2.49. The molecule has 1 N–H and O–H groups in total. The zero-order valence-electron chi connectivity index (χ0n) is 22.6. The topological polar surface area (TPSA) is 105 Å². The summed E-state index contributed by atoms with van der Waals surface area (Å²) in [5, 5.41) is 3.77. The number of nitrogens with one attached hydrogen (secondary N) is 1. The molecule has 9 nitrogen and oxygen atoms in total. The Morgan fingerprint density at radius 3 is 2.38 bits per heavy atom. The van der Waals surface area contributed by atoms with Gasteiger partial charge in [0, 0.05) is 41.7 Å². The third-order valence-corrected chi connectivity index (χ3v) is 8.27. The molecule has 0 saturated carbocycles. The third-order valence-electron chi connectivity index (χ3n) is 6.49. The molecule has 0 bridgehead atoms. The van der Waals surface area contributed by atoms with Crippen molar-refractivity contribution >= 4 is 50.7 Å². The molecular weight excluding hydrogens is 565 g/mol. The minimum absolute atomic E-state index is 0.0166. The predicted octanol–water partition coefficient (Wildman–Crippen LogP) is 4.64. The van der Waals surface area contributed by atoms with E-state index >= 15 is 0 Å². The van der Waals surface area contributed by atoms with Crippen LogP contribution >= 0.6 is 23.2 Å². The second-order valence-corrected chi connectivity index (χ2v) is 12.3. The molecule has 0 aliphatic carbocycles. The molecule has 214 valence electrons. The van der Waals surface area contributed by atoms with Crippen molar-refractivity contribution in [2.75, 3.05) is 30.3 Å². The third kappa shape index (κ3) is 8.40. The summed E-state index contributed by atoms with van der Waals surface area (Å²) < 4.78 is 37.6. The average Bonchev–Trinajstić information content (AvgIpc) is 2.89. The molecule has 3 rings (SSSR count). The fraction of sp³-hybridized carbons (Fsp3) is 0.481. The number of hydrogen-bond acceptors (Lipinski definition) is 6. The summed E-state index contributed by atoms with van der Waals surface area (Å²) in [6.45, 7) is 6.48. The molecule has 2 aromatic rings. The van der Waals surface area contributed by atoms with Gasteiger partial charge in [0.25, 0.3) is 0 Å². The lowest BCUT2D eigenvalue weighted by molar-refractivity contribution is -0.140. The van der Waals surface area contributed by atoms with Gasteiger partial charge in [-0.1, -0.05) is 36.2 Å². The zero-order valence-corrected chi connectivity index (χ0v) is 24.9. The zero-order chi connectivity index (χ0) is 28.7. The quantitative estimate of drug-likeness (QED) is 0.381. The molecule has 0 fully saturated rings. The average molecular weight is 601 g/mol. The van der Waals surface area contributed by atoms with Crippen molar-refractivity contribution in [2.24, 2.45) is 0 Å². The number of halogens is 2. The van der Waals surface area contributed by atoms with Crippen molar-refractivity contribution in [3.63, 3.8) is 0 Å². The fourth-order valence-corrected chi connectivity index (χ4v) is 5.50. The van der Waals surface area contributed by atoms with Gasteiger partial charge in [0.15, 0.2) is 11.5 Å². The van der Waals surface area contributed by atoms with Crippen molar-refractivity contribution in [1.29, 1.82) is 0 Å². The molecule has 0 aromatic heterocycles. The number of carbonyl (C=O) groups is 2. The summed E-state index contributed by atoms with van der Waals surface area (Å²) >= 11 is 12.4. The van der Waals surface area contributed by atoms with Crippen LogP contribution in [0.15, 0.2) is 36.4 Å². The highest BCUT2D eigenvalue weighted by Gasteiger charge is 2.28. The van der Waals surface area contributed by atoms with Crippen molar-refractivity contribution < 1.29 is 27.5 Å². The summed E-state index contributed by atoms with van der Waals surface area (Å²) in [4.78, 5) is 27.9. The Kier molecular flexibility index (Phi) is 10.7. The van der Waals surface area contributed by atoms with E-state index < -0.39 is 16.1 Å². The fourth-order valence-electron chi connectivity index (χ4n) is 4.07. The van der Waals surface area contributed by atoms with Gasteiger partial charge in [0.05, 0.1) is 11.9 Å². The second kappa shape index (κ2) is 13.6. The van der Waals surface area contributed by atoms with Gasteiger partial charge < -0.3 is 19.7 Å². The largest absolute Gasteiger partial charge is 0.486 e. The van der Waals surface area contributed by atoms with E-state index in [2.05, 4.69) is 5.32 Å². The Bertz CT molecular complexity index is 1290. The van der Waals surface area contributed by atoms with Gasteiger partial charge in [0.2, 0.25) is 21.8 Å². The van der Waals surface area contributed by atoms with Gasteiger partial charge in [0.1, 0.15) is 19.3 Å². The molecule has 0 unspecified atom stereocenters. The van der Waals surface area contributed by atoms with Crippen molar-refractivity contribution in [3.05, 3.63) is 52.0 Å². The SMILES string of the molecule is CC[C@H](C)NC(=O)[C@@H](C)N(Cc1ccc(Cl)cc1Cl)C(=O)CCCN(c1ccc2c(c1)OCCO2)S(C)(=O)=O. The maximum Gasteiger partial charge on any atom is 0.242 e. The Hall–Kier alpha value is -2.69. The first kappa shape index (κ1) is 30.8. The van der Waals surface area contributed by atoms with E-state index in [1.807, 2.05) is 13.8 Å². The van der Waals surface area contributed by atoms with Crippen LogP contribution in [-0.2, 0) is 26.2 Å². The van der Waals surface area contributed by atoms with Crippen LogP contribution in [0.4, 0.5) is 5.69 Å². The number of sulfonamides is 1. The lowest BCUT2D eigenvalue weighted by Gasteiger charge is -2.30. The van der Waals surface area contributed by atoms with E-state index in [4.69, 9.17) is 32.7 Å². The molecule has 2 amide bonds. The number of anilines is 1. The van der Waals surface area contributed by atoms with Crippen LogP contribution in [0, 0.1) is 0 Å². The number of amides is 2. The summed E-state index contributed by atoms with van der Waals surface area (Å²) in [6, 6.07) is 9.09. The molecule has 0 spiro atoms. The molecule has 2 atom stereocenters. The molecule has 2 aromatic carbocycles. The molecule has 1 heterocycles. The first-order chi connectivity index (χ1) is 18.4. The summed E-state index contributed by atoms with van der Waals surface area (Å²) in [5.41, 5.74) is 1.06. The minimum atomic E-state index is -3.65. The van der Waals surface area contributed by atoms with Gasteiger partial charge in [-0.15, -0.1) is 0 Å². The number of benzene rings is 2. The maximum atomic E-state index is 13.5. The van der Waals surface area contributed by atoms with Crippen LogP contribution in [0.3, 0.4) is 0 Å². The van der Waals surface area contributed by atoms with E-state index in [0.717, 1.165) is 12.7 Å². The summed E-state index contributed by atoms with van der Waals surface area (Å²) in [5.74, 6) is 0.436. The predicted molar refractivity (Wildman–Crippen MR) is 153 cm³/mol. The van der Waals surface area contributed by atoms with Crippen LogP contribution < -0.4 is 19.1 Å². The molecular formula is C27H35Cl2N3O6S. The molecule has 39 heavy (non-hydrogen) atoms. The van der Waals surface area contributed by atoms with E-state index in [1.165, 1.54) is 9.21 Å². The van der Waals surface area contributed by atoms with E-state index in [-0.39, 0.29) is 43.8 Å². The van der Waals surface area contributed by atoms with Gasteiger partial charge in [-0.2, -0.15) is 0 Å². The van der Waals surface area contributed by atoms with Crippen molar-refractivity contribution in [2.45, 2.75) is 58.7 Å². The molecule has 1 aliphatic heterocycles. The standard InChI is InChI=1S/C27H35Cl2N3O6S/c1-5-18(2)30-27(34)19(3)31(17-20-8-9-21(28)15-23(20)29)26(33)7-6-12-32(39(4,35)36)22-10-11-24-25(16-22)38-14-13-37-24/h8-11,15-16,18-19H,5-7,12-14,17H2,1-4H3,(H,30,34)/t18-,19+/m0/s1. The van der Waals surface area contributed by atoms with E-state index in [1.54, 1.807) is 43.3 Å². The minimum Gasteiger partial charge on any atom is -0.486 e. The molecule has 12 heteroatoms. The van der Waals surface area contributed by atoms with E-state index in [9.17, 15) is 18.0 Å². The number of ether oxygens (including phenoxy) is 2. The Balaban J connectivity index is 1.76. The van der Waals surface area contributed by atoms with Gasteiger partial charge in [-0.3, -0.25) is 13.9 Å². The van der Waals surface area contributed by atoms with Crippen LogP contribution in [0.2, 0.25) is 10.0 Å². The number of rotatable bonds is 12. The highest BCUT2D eigenvalue weighted by atomic mass is 35.5. The smallest absolute Gasteiger partial charge is 0.242 e. The number of fused-ring (bicyclic) bond motifs is 1. The highest BCUT2D eigenvalue weighted by Crippen LogP contribution is 2.35. The lowest BCUT2D eigenvalue weighted by atomic mass is 10.1. The summed E-state index contributed by atoms with van der Waals surface area (Å²) in [6.07, 6.45) is 2.10. The highest BCUT2D eigenvalue weighted by molar-refractivity contribution is 7.92. The monoisotopic (exact) mass is 599 g/mol. The Labute approximate surface area is 240 Å². The van der Waals surface area contributed by atoms with Crippen LogP contribution in [-0.4, -0.2) is 63.2 Å². The van der Waals surface area contributed by atoms with Crippen molar-refractivity contribution in [3.8, 4) is 11.5 Å². The van der Waals surface area contributed by atoms with Crippen LogP contribution in [0.1, 0.15) is 45.6 Å². The maximum absolute atomic E-state index is 13.5. The molecule has 1 aliphatic rings. The Morgan fingerprint density at radius 2 is 1.74 bits per heavy atom. The first-order valence-corrected chi connectivity index (χ1v) is 15.4. The summed E-state index contributed by atoms with van der Waals surface area (Å²) in [7, 11) is -3.65. The van der Waals surface area contributed by atoms with Gasteiger partial charge in [-0.05, 0) is 56.5 Å². The normalized spacial score (nSPS) is 14.3. The Morgan fingerprint density at radius 1 is 1.05 bits per heavy atom. The number of hydrogen-bond donors (Lipinski definition) is 1. The number of nitrogens with zero attached hydrogens (tertiary/aromatic N) is 2. The van der Waals surface area contributed by atoms with Gasteiger partial charge >= 0.3 is 0 Å². The molecule has 0 saturated heterocycles. The number of carbonyl (C=O) groups excluding carboxylic acids is 2. The first-order valence-electron chi connectivity index (χ1n) is 12.8. The van der Waals surface area contributed by atoms with Crippen LogP contribution in [0.25, 0.3) is 0 Å².